The zero-order chi connectivity index (χ0) is 39.0. The van der Waals surface area contributed by atoms with Gasteiger partial charge in [-0.1, -0.05) is 89.9 Å². The SMILES string of the molecule is N#Cc1cccc(C(=C(c2[c-]c(N3[CH-]N(c4ccccc4)c4ccccc43)ccc2)c2[c-]c3c(cc2)c2ccccc2n3-c2ccccn2)c2cccc(C#N)c2)c1.[Pt]. The zero-order valence-corrected chi connectivity index (χ0v) is 33.7. The number of nitrogens with zero attached hydrogens (tertiary/aromatic N) is 6. The molecule has 0 aliphatic carbocycles. The topological polar surface area (TPSA) is 71.9 Å². The van der Waals surface area contributed by atoms with E-state index in [1.54, 1.807) is 6.20 Å². The number of para-hydroxylation sites is 4. The van der Waals surface area contributed by atoms with E-state index in [-0.39, 0.29) is 21.1 Å². The first-order valence-electron chi connectivity index (χ1n) is 18.9. The fraction of sp³-hybridized carbons (Fsp3) is 0. The predicted octanol–water partition coefficient (Wildman–Crippen LogP) is 11.9. The summed E-state index contributed by atoms with van der Waals surface area (Å²) in [5.41, 5.74) is 11.9. The Morgan fingerprint density at radius 3 is 1.90 bits per heavy atom. The van der Waals surface area contributed by atoms with E-state index in [1.807, 2.05) is 91.0 Å². The summed E-state index contributed by atoms with van der Waals surface area (Å²) >= 11 is 0. The summed E-state index contributed by atoms with van der Waals surface area (Å²) in [4.78, 5) is 9.13. The standard InChI is InChI=1S/C52H31N6.Pt/c53-33-36-13-10-15-38(29-36)51(39-16-11-14-37(30-39)34-54)52(41-26-27-45-44-21-4-5-22-46(44)58(49(45)32-41)50-25-8-9-28-55-50)40-17-12-20-43(31-40)57-35-56(42-18-2-1-3-19-42)47-23-6-7-24-48(47)57;/h1-30,35H;/q-3;. The van der Waals surface area contributed by atoms with Crippen LogP contribution in [0.4, 0.5) is 22.7 Å². The van der Waals surface area contributed by atoms with Crippen molar-refractivity contribution in [2.45, 2.75) is 0 Å². The first-order chi connectivity index (χ1) is 28.7. The molecule has 0 saturated heterocycles. The first kappa shape index (κ1) is 37.1. The Hall–Kier alpha value is -7.50. The molecule has 3 heterocycles. The third-order valence-corrected chi connectivity index (χ3v) is 10.5. The second kappa shape index (κ2) is 15.8. The van der Waals surface area contributed by atoms with Crippen LogP contribution in [-0.2, 0) is 21.1 Å². The fourth-order valence-electron chi connectivity index (χ4n) is 7.96. The maximum absolute atomic E-state index is 10.1. The van der Waals surface area contributed by atoms with Gasteiger partial charge in [-0.05, 0) is 94.3 Å². The Kier molecular flexibility index (Phi) is 9.93. The Balaban J connectivity index is 0.00000449. The molecule has 0 spiro atoms. The van der Waals surface area contributed by atoms with E-state index in [0.29, 0.717) is 11.1 Å². The predicted molar refractivity (Wildman–Crippen MR) is 231 cm³/mol. The van der Waals surface area contributed by atoms with Crippen LogP contribution >= 0.6 is 0 Å². The van der Waals surface area contributed by atoms with E-state index in [9.17, 15) is 10.5 Å². The smallest absolute Gasteiger partial charge is 0.136 e. The van der Waals surface area contributed by atoms with E-state index in [1.165, 1.54) is 0 Å². The molecule has 7 aromatic carbocycles. The molecule has 1 aliphatic heterocycles. The number of hydrogen-bond acceptors (Lipinski definition) is 5. The third kappa shape index (κ3) is 6.66. The second-order valence-corrected chi connectivity index (χ2v) is 13.9. The number of pyridine rings is 1. The van der Waals surface area contributed by atoms with Crippen LogP contribution in [0.5, 0.6) is 0 Å². The van der Waals surface area contributed by atoms with Gasteiger partial charge in [0.15, 0.2) is 0 Å². The number of benzene rings is 7. The van der Waals surface area contributed by atoms with E-state index >= 15 is 0 Å². The molecule has 59 heavy (non-hydrogen) atoms. The van der Waals surface area contributed by atoms with Gasteiger partial charge in [0, 0.05) is 49.8 Å². The quantitative estimate of drug-likeness (QED) is 0.118. The summed E-state index contributed by atoms with van der Waals surface area (Å²) in [5.74, 6) is 0.788. The monoisotopic (exact) mass is 934 g/mol. The number of hydrogen-bond donors (Lipinski definition) is 0. The molecule has 7 heteroatoms. The number of aromatic nitrogens is 2. The van der Waals surface area contributed by atoms with Crippen molar-refractivity contribution in [3.8, 4) is 18.0 Å². The minimum atomic E-state index is 0. The van der Waals surface area contributed by atoms with Crippen molar-refractivity contribution in [2.24, 2.45) is 0 Å². The van der Waals surface area contributed by atoms with Crippen molar-refractivity contribution in [3.63, 3.8) is 0 Å². The molecule has 1 aliphatic rings. The summed E-state index contributed by atoms with van der Waals surface area (Å²) < 4.78 is 2.16. The molecule has 0 amide bonds. The van der Waals surface area contributed by atoms with Crippen molar-refractivity contribution >= 4 is 55.7 Å². The van der Waals surface area contributed by atoms with Crippen LogP contribution in [0.15, 0.2) is 182 Å². The molecule has 10 rings (SSSR count). The number of anilines is 4. The van der Waals surface area contributed by atoms with Crippen LogP contribution in [0.1, 0.15) is 33.4 Å². The van der Waals surface area contributed by atoms with Crippen LogP contribution in [0.25, 0.3) is 38.8 Å². The molecule has 0 unspecified atom stereocenters. The minimum Gasteiger partial charge on any atom is -0.488 e. The van der Waals surface area contributed by atoms with E-state index in [0.717, 1.165) is 83.8 Å². The summed E-state index contributed by atoms with van der Waals surface area (Å²) in [6.45, 7) is 2.11. The van der Waals surface area contributed by atoms with Gasteiger partial charge >= 0.3 is 0 Å². The average Bonchev–Trinajstić information content (AvgIpc) is 3.85. The van der Waals surface area contributed by atoms with Gasteiger partial charge < -0.3 is 14.4 Å². The van der Waals surface area contributed by atoms with Gasteiger partial charge in [-0.15, -0.1) is 65.8 Å². The van der Waals surface area contributed by atoms with Crippen LogP contribution in [0.2, 0.25) is 0 Å². The molecular formula is C52H31N6Pt-3. The summed E-state index contributed by atoms with van der Waals surface area (Å²) in [7, 11) is 0. The number of rotatable bonds is 7. The number of fused-ring (bicyclic) bond motifs is 4. The van der Waals surface area contributed by atoms with Crippen LogP contribution in [0.3, 0.4) is 0 Å². The van der Waals surface area contributed by atoms with Gasteiger partial charge in [0.1, 0.15) is 5.82 Å². The Bertz CT molecular complexity index is 3080. The van der Waals surface area contributed by atoms with E-state index in [4.69, 9.17) is 4.98 Å². The largest absolute Gasteiger partial charge is 0.488 e. The van der Waals surface area contributed by atoms with E-state index < -0.39 is 0 Å². The van der Waals surface area contributed by atoms with Gasteiger partial charge in [0.2, 0.25) is 0 Å². The van der Waals surface area contributed by atoms with E-state index in [2.05, 4.69) is 130 Å². The maximum Gasteiger partial charge on any atom is 0.136 e. The summed E-state index contributed by atoms with van der Waals surface area (Å²) in [5, 5.41) is 22.3. The van der Waals surface area contributed by atoms with Crippen molar-refractivity contribution in [2.75, 3.05) is 9.80 Å². The summed E-state index contributed by atoms with van der Waals surface area (Å²) in [6, 6.07) is 71.1. The summed E-state index contributed by atoms with van der Waals surface area (Å²) in [6.07, 6.45) is 1.81. The van der Waals surface area contributed by atoms with Crippen LogP contribution in [-0.4, -0.2) is 9.55 Å². The fourth-order valence-corrected chi connectivity index (χ4v) is 7.96. The van der Waals surface area contributed by atoms with Crippen LogP contribution in [0, 0.1) is 41.5 Å². The maximum atomic E-state index is 10.1. The van der Waals surface area contributed by atoms with Gasteiger partial charge in [0.05, 0.1) is 23.3 Å². The molecule has 9 aromatic rings. The molecule has 2 aromatic heterocycles. The van der Waals surface area contributed by atoms with Gasteiger partial charge in [-0.3, -0.25) is 0 Å². The van der Waals surface area contributed by atoms with Crippen molar-refractivity contribution in [1.82, 2.24) is 9.55 Å². The Morgan fingerprint density at radius 1 is 0.542 bits per heavy atom. The molecule has 0 bridgehead atoms. The molecule has 0 atom stereocenters. The molecule has 0 fully saturated rings. The van der Waals surface area contributed by atoms with Crippen molar-refractivity contribution in [1.29, 1.82) is 10.5 Å². The zero-order valence-electron chi connectivity index (χ0n) is 31.4. The molecular weight excluding hydrogens is 904 g/mol. The molecule has 0 saturated carbocycles. The van der Waals surface area contributed by atoms with Gasteiger partial charge in [-0.25, -0.2) is 4.98 Å². The molecule has 0 N–H and O–H groups in total. The molecule has 6 nitrogen and oxygen atoms in total. The number of nitriles is 2. The minimum absolute atomic E-state index is 0. The molecule has 282 valence electrons. The third-order valence-electron chi connectivity index (χ3n) is 10.5. The second-order valence-electron chi connectivity index (χ2n) is 13.9. The Morgan fingerprint density at radius 2 is 1.19 bits per heavy atom. The Labute approximate surface area is 357 Å². The van der Waals surface area contributed by atoms with Gasteiger partial charge in [-0.2, -0.15) is 10.5 Å². The average molecular weight is 935 g/mol. The molecule has 0 radical (unpaired) electrons. The van der Waals surface area contributed by atoms with Crippen molar-refractivity contribution < 1.29 is 21.1 Å². The van der Waals surface area contributed by atoms with Crippen molar-refractivity contribution in [3.05, 3.63) is 234 Å². The van der Waals surface area contributed by atoms with Gasteiger partial charge in [0.25, 0.3) is 0 Å². The normalized spacial score (nSPS) is 11.8. The van der Waals surface area contributed by atoms with Crippen LogP contribution < -0.4 is 9.80 Å². The first-order valence-corrected chi connectivity index (χ1v) is 18.9.